The third-order valence-electron chi connectivity index (χ3n) is 4.80. The van der Waals surface area contributed by atoms with Gasteiger partial charge in [0.2, 0.25) is 11.8 Å². The van der Waals surface area contributed by atoms with Gasteiger partial charge in [0.15, 0.2) is 0 Å². The molecular weight excluding hydrogens is 328 g/mol. The van der Waals surface area contributed by atoms with Crippen molar-refractivity contribution in [2.45, 2.75) is 27.2 Å². The van der Waals surface area contributed by atoms with E-state index < -0.39 is 0 Å². The van der Waals surface area contributed by atoms with E-state index in [4.69, 9.17) is 4.74 Å². The molecule has 0 saturated carbocycles. The number of hydrogen-bond acceptors (Lipinski definition) is 3. The smallest absolute Gasteiger partial charge is 0.229 e. The second-order valence-electron chi connectivity index (χ2n) is 6.84. The van der Waals surface area contributed by atoms with Gasteiger partial charge in [0, 0.05) is 18.7 Å². The molecule has 1 fully saturated rings. The number of hydrogen-bond donors (Lipinski definition) is 1. The Labute approximate surface area is 154 Å². The van der Waals surface area contributed by atoms with Crippen LogP contribution in [0.5, 0.6) is 5.75 Å². The molecule has 5 nitrogen and oxygen atoms in total. The average molecular weight is 352 g/mol. The largest absolute Gasteiger partial charge is 0.495 e. The first-order chi connectivity index (χ1) is 12.4. The zero-order valence-corrected chi connectivity index (χ0v) is 15.6. The maximum Gasteiger partial charge on any atom is 0.229 e. The maximum atomic E-state index is 12.8. The Kier molecular flexibility index (Phi) is 4.98. The van der Waals surface area contributed by atoms with Crippen molar-refractivity contribution >= 4 is 23.2 Å². The summed E-state index contributed by atoms with van der Waals surface area (Å²) in [7, 11) is 1.58. The summed E-state index contributed by atoms with van der Waals surface area (Å²) >= 11 is 0. The molecule has 5 heteroatoms. The highest BCUT2D eigenvalue weighted by molar-refractivity contribution is 6.04. The highest BCUT2D eigenvalue weighted by atomic mass is 16.5. The quantitative estimate of drug-likeness (QED) is 0.914. The van der Waals surface area contributed by atoms with Crippen molar-refractivity contribution < 1.29 is 14.3 Å². The molecule has 0 bridgehead atoms. The van der Waals surface area contributed by atoms with Gasteiger partial charge in [-0.1, -0.05) is 29.8 Å². The molecule has 0 radical (unpaired) electrons. The third-order valence-corrected chi connectivity index (χ3v) is 4.80. The monoisotopic (exact) mass is 352 g/mol. The molecule has 0 aromatic heterocycles. The predicted octanol–water partition coefficient (Wildman–Crippen LogP) is 3.61. The van der Waals surface area contributed by atoms with Crippen molar-refractivity contribution in [1.82, 2.24) is 0 Å². The maximum absolute atomic E-state index is 12.8. The van der Waals surface area contributed by atoms with Gasteiger partial charge < -0.3 is 15.0 Å². The second kappa shape index (κ2) is 7.20. The van der Waals surface area contributed by atoms with Crippen LogP contribution in [0.25, 0.3) is 0 Å². The fourth-order valence-corrected chi connectivity index (χ4v) is 3.57. The average Bonchev–Trinajstić information content (AvgIpc) is 2.99. The minimum absolute atomic E-state index is 0.0630. The van der Waals surface area contributed by atoms with Crippen LogP contribution in [0, 0.1) is 26.7 Å². The lowest BCUT2D eigenvalue weighted by Gasteiger charge is -2.20. The van der Waals surface area contributed by atoms with Crippen LogP contribution in [0.3, 0.4) is 0 Å². The van der Waals surface area contributed by atoms with Crippen LogP contribution in [0.1, 0.15) is 23.1 Å². The Bertz CT molecular complexity index is 837. The molecule has 1 heterocycles. The van der Waals surface area contributed by atoms with Crippen molar-refractivity contribution in [3.05, 3.63) is 53.1 Å². The Morgan fingerprint density at radius 3 is 2.46 bits per heavy atom. The summed E-state index contributed by atoms with van der Waals surface area (Å²) in [4.78, 5) is 26.9. The Morgan fingerprint density at radius 1 is 1.15 bits per heavy atom. The number of methoxy groups -OCH3 is 1. The van der Waals surface area contributed by atoms with E-state index in [2.05, 4.69) is 5.32 Å². The number of benzene rings is 2. The number of amides is 2. The summed E-state index contributed by atoms with van der Waals surface area (Å²) in [6.45, 7) is 6.36. The van der Waals surface area contributed by atoms with Gasteiger partial charge in [-0.3, -0.25) is 9.59 Å². The number of ether oxygens (including phenoxy) is 1. The first-order valence-corrected chi connectivity index (χ1v) is 8.72. The minimum atomic E-state index is -0.382. The van der Waals surface area contributed by atoms with Gasteiger partial charge in [-0.15, -0.1) is 0 Å². The molecule has 26 heavy (non-hydrogen) atoms. The van der Waals surface area contributed by atoms with E-state index >= 15 is 0 Å². The van der Waals surface area contributed by atoms with Crippen molar-refractivity contribution in [2.75, 3.05) is 23.9 Å². The highest BCUT2D eigenvalue weighted by Crippen LogP contribution is 2.33. The molecule has 136 valence electrons. The molecule has 1 unspecified atom stereocenters. The zero-order chi connectivity index (χ0) is 18.8. The predicted molar refractivity (Wildman–Crippen MR) is 103 cm³/mol. The van der Waals surface area contributed by atoms with E-state index in [0.29, 0.717) is 18.0 Å². The fourth-order valence-electron chi connectivity index (χ4n) is 3.57. The van der Waals surface area contributed by atoms with Crippen molar-refractivity contribution in [2.24, 2.45) is 5.92 Å². The molecule has 1 aliphatic rings. The summed E-state index contributed by atoms with van der Waals surface area (Å²) < 4.78 is 5.35. The second-order valence-corrected chi connectivity index (χ2v) is 6.84. The molecule has 0 spiro atoms. The van der Waals surface area contributed by atoms with Gasteiger partial charge in [0.25, 0.3) is 0 Å². The SMILES string of the molecule is COc1ccccc1N1CC(C(=O)Nc2c(C)cc(C)cc2C)CC1=O. The van der Waals surface area contributed by atoms with Crippen LogP contribution in [0.15, 0.2) is 36.4 Å². The molecule has 2 aromatic carbocycles. The molecule has 1 N–H and O–H groups in total. The number of carbonyl (C=O) groups excluding carboxylic acids is 2. The van der Waals surface area contributed by atoms with Gasteiger partial charge >= 0.3 is 0 Å². The standard InChI is InChI=1S/C21H24N2O3/c1-13-9-14(2)20(15(3)10-13)22-21(25)16-11-19(24)23(12-16)17-7-5-6-8-18(17)26-4/h5-10,16H,11-12H2,1-4H3,(H,22,25). The lowest BCUT2D eigenvalue weighted by atomic mass is 10.0. The van der Waals surface area contributed by atoms with E-state index in [1.807, 2.05) is 57.2 Å². The highest BCUT2D eigenvalue weighted by Gasteiger charge is 2.36. The minimum Gasteiger partial charge on any atom is -0.495 e. The molecule has 0 aliphatic carbocycles. The van der Waals surface area contributed by atoms with Crippen LogP contribution in [-0.4, -0.2) is 25.5 Å². The summed E-state index contributed by atoms with van der Waals surface area (Å²) in [6, 6.07) is 11.5. The van der Waals surface area contributed by atoms with Gasteiger partial charge in [0.1, 0.15) is 5.75 Å². The van der Waals surface area contributed by atoms with Crippen LogP contribution in [0.2, 0.25) is 0 Å². The lowest BCUT2D eigenvalue weighted by Crippen LogP contribution is -2.28. The van der Waals surface area contributed by atoms with Crippen molar-refractivity contribution in [1.29, 1.82) is 0 Å². The molecule has 3 rings (SSSR count). The zero-order valence-electron chi connectivity index (χ0n) is 15.6. The van der Waals surface area contributed by atoms with E-state index in [0.717, 1.165) is 22.4 Å². The summed E-state index contributed by atoms with van der Waals surface area (Å²) in [6.07, 6.45) is 0.202. The van der Waals surface area contributed by atoms with Gasteiger partial charge in [0.05, 0.1) is 18.7 Å². The molecule has 2 aromatic rings. The molecule has 2 amide bonds. The number of nitrogens with zero attached hydrogens (tertiary/aromatic N) is 1. The Morgan fingerprint density at radius 2 is 1.81 bits per heavy atom. The van der Waals surface area contributed by atoms with E-state index in [1.54, 1.807) is 12.0 Å². The van der Waals surface area contributed by atoms with E-state index in [-0.39, 0.29) is 24.2 Å². The first kappa shape index (κ1) is 18.0. The number of rotatable bonds is 4. The summed E-state index contributed by atoms with van der Waals surface area (Å²) in [5.41, 5.74) is 4.77. The fraction of sp³-hybridized carbons (Fsp3) is 0.333. The third kappa shape index (κ3) is 3.43. The molecule has 1 aliphatic heterocycles. The molecule has 1 saturated heterocycles. The number of para-hydroxylation sites is 2. The summed E-state index contributed by atoms with van der Waals surface area (Å²) in [5, 5.41) is 3.02. The first-order valence-electron chi connectivity index (χ1n) is 8.72. The number of carbonyl (C=O) groups is 2. The topological polar surface area (TPSA) is 58.6 Å². The Balaban J connectivity index is 1.78. The Hall–Kier alpha value is -2.82. The number of aryl methyl sites for hydroxylation is 3. The van der Waals surface area contributed by atoms with E-state index in [9.17, 15) is 9.59 Å². The molecule has 1 atom stereocenters. The number of nitrogens with one attached hydrogen (secondary N) is 1. The van der Waals surface area contributed by atoms with E-state index in [1.165, 1.54) is 0 Å². The van der Waals surface area contributed by atoms with Crippen LogP contribution < -0.4 is 15.0 Å². The summed E-state index contributed by atoms with van der Waals surface area (Å²) in [5.74, 6) is 0.0671. The van der Waals surface area contributed by atoms with Crippen molar-refractivity contribution in [3.63, 3.8) is 0 Å². The lowest BCUT2D eigenvalue weighted by molar-refractivity contribution is -0.122. The van der Waals surface area contributed by atoms with Crippen LogP contribution in [-0.2, 0) is 9.59 Å². The number of anilines is 2. The van der Waals surface area contributed by atoms with Gasteiger partial charge in [-0.25, -0.2) is 0 Å². The van der Waals surface area contributed by atoms with Crippen molar-refractivity contribution in [3.8, 4) is 5.75 Å². The van der Waals surface area contributed by atoms with Gasteiger partial charge in [-0.2, -0.15) is 0 Å². The van der Waals surface area contributed by atoms with Gasteiger partial charge in [-0.05, 0) is 44.0 Å². The van der Waals surface area contributed by atoms with Crippen LogP contribution >= 0.6 is 0 Å². The van der Waals surface area contributed by atoms with Crippen LogP contribution in [0.4, 0.5) is 11.4 Å². The normalized spacial score (nSPS) is 16.7. The molecular formula is C21H24N2O3.